The van der Waals surface area contributed by atoms with E-state index in [1.807, 2.05) is 6.08 Å². The minimum absolute atomic E-state index is 0.167. The summed E-state index contributed by atoms with van der Waals surface area (Å²) in [5.41, 5.74) is 0. The topological polar surface area (TPSA) is 20.2 Å². The molecule has 0 amide bonds. The monoisotopic (exact) mass is 174 g/mol. The zero-order chi connectivity index (χ0) is 8.10. The third-order valence-corrected chi connectivity index (χ3v) is 2.65. The Hall–Kier alpha value is -0.0100. The summed E-state index contributed by atoms with van der Waals surface area (Å²) in [4.78, 5) is 0. The first-order chi connectivity index (χ1) is 5.33. The average molecular weight is 175 g/mol. The van der Waals surface area contributed by atoms with Crippen LogP contribution in [0, 0.1) is 5.92 Å². The minimum atomic E-state index is 0.167. The number of alkyl halides is 1. The summed E-state index contributed by atoms with van der Waals surface area (Å²) in [7, 11) is 0. The standard InChI is InChI=1S/C9H15ClO/c10-9-5-3-8(4-6-9)2-1-7-11/h1-2,8-9,11H,3-7H2. The summed E-state index contributed by atoms with van der Waals surface area (Å²) in [5, 5.41) is 8.93. The molecule has 1 saturated carbocycles. The molecule has 0 atom stereocenters. The van der Waals surface area contributed by atoms with Gasteiger partial charge in [0, 0.05) is 5.38 Å². The molecular formula is C9H15ClO. The second-order valence-corrected chi connectivity index (χ2v) is 3.74. The first kappa shape index (κ1) is 9.08. The minimum Gasteiger partial charge on any atom is -0.392 e. The van der Waals surface area contributed by atoms with Gasteiger partial charge in [0.15, 0.2) is 0 Å². The largest absolute Gasteiger partial charge is 0.392 e. The van der Waals surface area contributed by atoms with Gasteiger partial charge in [0.2, 0.25) is 0 Å². The van der Waals surface area contributed by atoms with Gasteiger partial charge >= 0.3 is 0 Å². The molecule has 0 aromatic rings. The highest BCUT2D eigenvalue weighted by atomic mass is 35.5. The van der Waals surface area contributed by atoms with Crippen LogP contribution in [0.5, 0.6) is 0 Å². The van der Waals surface area contributed by atoms with Gasteiger partial charge in [-0.2, -0.15) is 0 Å². The summed E-state index contributed by atoms with van der Waals surface area (Å²) < 4.78 is 0. The molecule has 0 aromatic carbocycles. The molecule has 11 heavy (non-hydrogen) atoms. The van der Waals surface area contributed by atoms with Gasteiger partial charge in [-0.05, 0) is 31.6 Å². The Morgan fingerprint density at radius 3 is 2.45 bits per heavy atom. The van der Waals surface area contributed by atoms with Crippen molar-refractivity contribution in [3.05, 3.63) is 12.2 Å². The molecule has 1 aliphatic rings. The molecule has 1 N–H and O–H groups in total. The third kappa shape index (κ3) is 3.26. The maximum atomic E-state index is 8.54. The molecule has 0 aliphatic heterocycles. The van der Waals surface area contributed by atoms with Crippen LogP contribution in [0.25, 0.3) is 0 Å². The summed E-state index contributed by atoms with van der Waals surface area (Å²) >= 11 is 5.94. The van der Waals surface area contributed by atoms with Crippen LogP contribution in [0.2, 0.25) is 0 Å². The lowest BCUT2D eigenvalue weighted by Gasteiger charge is -2.21. The van der Waals surface area contributed by atoms with E-state index in [4.69, 9.17) is 16.7 Å². The second kappa shape index (κ2) is 4.78. The third-order valence-electron chi connectivity index (χ3n) is 2.22. The van der Waals surface area contributed by atoms with E-state index in [9.17, 15) is 0 Å². The molecule has 0 spiro atoms. The first-order valence-corrected chi connectivity index (χ1v) is 4.68. The maximum Gasteiger partial charge on any atom is 0.0612 e. The van der Waals surface area contributed by atoms with Gasteiger partial charge in [-0.25, -0.2) is 0 Å². The molecule has 64 valence electrons. The van der Waals surface area contributed by atoms with Crippen molar-refractivity contribution in [1.82, 2.24) is 0 Å². The summed E-state index contributed by atoms with van der Waals surface area (Å²) in [6.07, 6.45) is 8.57. The van der Waals surface area contributed by atoms with Crippen LogP contribution < -0.4 is 0 Å². The lowest BCUT2D eigenvalue weighted by atomic mass is 9.89. The normalized spacial score (nSPS) is 32.9. The Bertz CT molecular complexity index is 126. The van der Waals surface area contributed by atoms with Crippen LogP contribution in [0.4, 0.5) is 0 Å². The van der Waals surface area contributed by atoms with Crippen molar-refractivity contribution in [2.24, 2.45) is 5.92 Å². The van der Waals surface area contributed by atoms with Crippen molar-refractivity contribution in [2.45, 2.75) is 31.1 Å². The molecule has 0 heterocycles. The molecule has 1 fully saturated rings. The quantitative estimate of drug-likeness (QED) is 0.503. The molecule has 0 aromatic heterocycles. The number of allylic oxidation sites excluding steroid dienone is 1. The SMILES string of the molecule is OCC=CC1CCC(Cl)CC1. The fourth-order valence-electron chi connectivity index (χ4n) is 1.52. The van der Waals surface area contributed by atoms with Gasteiger partial charge in [-0.3, -0.25) is 0 Å². The molecule has 2 heteroatoms. The Morgan fingerprint density at radius 1 is 1.27 bits per heavy atom. The predicted octanol–water partition coefficient (Wildman–Crippen LogP) is 2.33. The van der Waals surface area contributed by atoms with Crippen molar-refractivity contribution >= 4 is 11.6 Å². The van der Waals surface area contributed by atoms with Crippen LogP contribution in [0.3, 0.4) is 0 Å². The Balaban J connectivity index is 2.22. The second-order valence-electron chi connectivity index (χ2n) is 3.12. The molecule has 1 aliphatic carbocycles. The van der Waals surface area contributed by atoms with Crippen molar-refractivity contribution in [3.8, 4) is 0 Å². The highest BCUT2D eigenvalue weighted by molar-refractivity contribution is 6.20. The van der Waals surface area contributed by atoms with E-state index >= 15 is 0 Å². The first-order valence-electron chi connectivity index (χ1n) is 4.24. The molecule has 0 saturated heterocycles. The van der Waals surface area contributed by atoms with Crippen molar-refractivity contribution in [2.75, 3.05) is 6.61 Å². The van der Waals surface area contributed by atoms with E-state index in [0.29, 0.717) is 11.3 Å². The van der Waals surface area contributed by atoms with Gasteiger partial charge in [-0.15, -0.1) is 11.6 Å². The molecule has 1 rings (SSSR count). The van der Waals surface area contributed by atoms with Crippen molar-refractivity contribution in [1.29, 1.82) is 0 Å². The molecule has 1 nitrogen and oxygen atoms in total. The van der Waals surface area contributed by atoms with Gasteiger partial charge in [0.1, 0.15) is 0 Å². The van der Waals surface area contributed by atoms with E-state index in [1.165, 1.54) is 12.8 Å². The van der Waals surface area contributed by atoms with E-state index in [0.717, 1.165) is 12.8 Å². The van der Waals surface area contributed by atoms with Crippen LogP contribution in [-0.2, 0) is 0 Å². The van der Waals surface area contributed by atoms with Crippen LogP contribution in [0.15, 0.2) is 12.2 Å². The molecule has 0 bridgehead atoms. The number of hydrogen-bond acceptors (Lipinski definition) is 1. The fraction of sp³-hybridized carbons (Fsp3) is 0.778. The van der Waals surface area contributed by atoms with E-state index in [1.54, 1.807) is 0 Å². The summed E-state index contributed by atoms with van der Waals surface area (Å²) in [6.45, 7) is 0.167. The lowest BCUT2D eigenvalue weighted by Crippen LogP contribution is -2.12. The van der Waals surface area contributed by atoms with Gasteiger partial charge in [0.05, 0.1) is 6.61 Å². The molecular weight excluding hydrogens is 160 g/mol. The van der Waals surface area contributed by atoms with E-state index in [2.05, 4.69) is 6.08 Å². The Morgan fingerprint density at radius 2 is 1.91 bits per heavy atom. The zero-order valence-corrected chi connectivity index (χ0v) is 7.43. The maximum absolute atomic E-state index is 8.54. The van der Waals surface area contributed by atoms with Crippen LogP contribution in [-0.4, -0.2) is 17.1 Å². The Labute approximate surface area is 73.1 Å². The highest BCUT2D eigenvalue weighted by Crippen LogP contribution is 2.28. The zero-order valence-electron chi connectivity index (χ0n) is 6.67. The van der Waals surface area contributed by atoms with Gasteiger partial charge in [0.25, 0.3) is 0 Å². The number of aliphatic hydroxyl groups excluding tert-OH is 1. The van der Waals surface area contributed by atoms with Gasteiger partial charge in [-0.1, -0.05) is 12.2 Å². The molecule has 0 radical (unpaired) electrons. The smallest absolute Gasteiger partial charge is 0.0612 e. The van der Waals surface area contributed by atoms with E-state index < -0.39 is 0 Å². The van der Waals surface area contributed by atoms with Crippen molar-refractivity contribution in [3.63, 3.8) is 0 Å². The number of hydrogen-bond donors (Lipinski definition) is 1. The predicted molar refractivity (Wildman–Crippen MR) is 47.8 cm³/mol. The lowest BCUT2D eigenvalue weighted by molar-refractivity contribution is 0.340. The number of halogens is 1. The van der Waals surface area contributed by atoms with E-state index in [-0.39, 0.29) is 6.61 Å². The summed E-state index contributed by atoms with van der Waals surface area (Å²) in [5.74, 6) is 0.664. The Kier molecular flexibility index (Phi) is 3.95. The highest BCUT2D eigenvalue weighted by Gasteiger charge is 2.16. The van der Waals surface area contributed by atoms with Crippen LogP contribution >= 0.6 is 11.6 Å². The van der Waals surface area contributed by atoms with Crippen LogP contribution in [0.1, 0.15) is 25.7 Å². The summed E-state index contributed by atoms with van der Waals surface area (Å²) in [6, 6.07) is 0. The van der Waals surface area contributed by atoms with Gasteiger partial charge < -0.3 is 5.11 Å². The number of aliphatic hydroxyl groups is 1. The average Bonchev–Trinajstić information content (AvgIpc) is 2.04. The fourth-order valence-corrected chi connectivity index (χ4v) is 1.78. The number of rotatable bonds is 2. The molecule has 0 unspecified atom stereocenters. The van der Waals surface area contributed by atoms with Crippen molar-refractivity contribution < 1.29 is 5.11 Å².